The minimum atomic E-state index is -0.548. The molecule has 4 rings (SSSR count). The number of thiophene rings is 1. The second kappa shape index (κ2) is 12.1. The van der Waals surface area contributed by atoms with Gasteiger partial charge in [-0.15, -0.1) is 11.3 Å². The van der Waals surface area contributed by atoms with Gasteiger partial charge < -0.3 is 24.8 Å². The van der Waals surface area contributed by atoms with Crippen molar-refractivity contribution in [2.24, 2.45) is 0 Å². The lowest BCUT2D eigenvalue weighted by molar-refractivity contribution is -0.113. The number of hydrogen-bond acceptors (Lipinski definition) is 6. The predicted molar refractivity (Wildman–Crippen MR) is 146 cm³/mol. The molecule has 0 radical (unpaired) electrons. The smallest absolute Gasteiger partial charge is 0.272 e. The molecule has 4 aromatic rings. The summed E-state index contributed by atoms with van der Waals surface area (Å²) in [5, 5.41) is 7.80. The molecule has 2 N–H and O–H groups in total. The molecule has 0 aliphatic heterocycles. The molecule has 0 aliphatic rings. The van der Waals surface area contributed by atoms with Crippen molar-refractivity contribution in [3.8, 4) is 23.0 Å². The molecule has 0 atom stereocenters. The summed E-state index contributed by atoms with van der Waals surface area (Å²) in [7, 11) is 3.11. The van der Waals surface area contributed by atoms with E-state index in [-0.39, 0.29) is 5.70 Å². The van der Waals surface area contributed by atoms with E-state index in [0.717, 1.165) is 4.88 Å². The van der Waals surface area contributed by atoms with E-state index in [4.69, 9.17) is 25.8 Å². The quantitative estimate of drug-likeness (QED) is 0.236. The van der Waals surface area contributed by atoms with Crippen LogP contribution in [0.3, 0.4) is 0 Å². The van der Waals surface area contributed by atoms with Crippen LogP contribution in [-0.4, -0.2) is 26.0 Å². The predicted octanol–water partition coefficient (Wildman–Crippen LogP) is 6.62. The molecular weight excluding hydrogens is 512 g/mol. The van der Waals surface area contributed by atoms with Crippen molar-refractivity contribution >= 4 is 46.5 Å². The summed E-state index contributed by atoms with van der Waals surface area (Å²) in [6.07, 6.45) is 1.61. The first kappa shape index (κ1) is 25.8. The van der Waals surface area contributed by atoms with Crippen LogP contribution in [0.1, 0.15) is 15.2 Å². The molecule has 9 heteroatoms. The van der Waals surface area contributed by atoms with Gasteiger partial charge in [0.05, 0.1) is 19.9 Å². The first-order chi connectivity index (χ1) is 17.9. The number of anilines is 1. The summed E-state index contributed by atoms with van der Waals surface area (Å²) in [6.45, 7) is 0. The van der Waals surface area contributed by atoms with Gasteiger partial charge in [-0.25, -0.2) is 0 Å². The zero-order valence-corrected chi connectivity index (χ0v) is 21.6. The molecule has 0 bridgehead atoms. The van der Waals surface area contributed by atoms with Gasteiger partial charge in [0, 0.05) is 21.5 Å². The molecule has 0 saturated carbocycles. The van der Waals surface area contributed by atoms with Gasteiger partial charge in [-0.2, -0.15) is 0 Å². The van der Waals surface area contributed by atoms with Gasteiger partial charge in [0.15, 0.2) is 5.75 Å². The van der Waals surface area contributed by atoms with Crippen LogP contribution >= 0.6 is 22.9 Å². The van der Waals surface area contributed by atoms with E-state index >= 15 is 0 Å². The van der Waals surface area contributed by atoms with E-state index in [2.05, 4.69) is 10.6 Å². The summed E-state index contributed by atoms with van der Waals surface area (Å²) >= 11 is 7.65. The number of nitrogens with one attached hydrogen (secondary N) is 2. The maximum atomic E-state index is 13.4. The lowest BCUT2D eigenvalue weighted by atomic mass is 10.2. The number of ether oxygens (including phenoxy) is 3. The van der Waals surface area contributed by atoms with Crippen LogP contribution in [0.15, 0.2) is 89.9 Å². The van der Waals surface area contributed by atoms with E-state index in [1.54, 1.807) is 87.0 Å². The van der Waals surface area contributed by atoms with Crippen molar-refractivity contribution < 1.29 is 23.8 Å². The van der Waals surface area contributed by atoms with Gasteiger partial charge in [-0.3, -0.25) is 9.59 Å². The zero-order chi connectivity index (χ0) is 26.2. The van der Waals surface area contributed by atoms with Gasteiger partial charge in [0.2, 0.25) is 0 Å². The normalized spacial score (nSPS) is 10.9. The Balaban J connectivity index is 1.60. The molecule has 0 spiro atoms. The van der Waals surface area contributed by atoms with E-state index in [1.807, 2.05) is 17.5 Å². The third-order valence-corrected chi connectivity index (χ3v) is 6.19. The number of benzene rings is 3. The van der Waals surface area contributed by atoms with Crippen molar-refractivity contribution in [3.05, 3.63) is 105 Å². The molecule has 0 fully saturated rings. The third-order valence-electron chi connectivity index (χ3n) is 5.13. The van der Waals surface area contributed by atoms with Crippen LogP contribution in [0.5, 0.6) is 23.0 Å². The van der Waals surface area contributed by atoms with E-state index < -0.39 is 11.8 Å². The number of rotatable bonds is 9. The molecule has 0 saturated heterocycles. The molecule has 7 nitrogen and oxygen atoms in total. The molecule has 0 unspecified atom stereocenters. The Kier molecular flexibility index (Phi) is 8.45. The third kappa shape index (κ3) is 6.91. The summed E-state index contributed by atoms with van der Waals surface area (Å²) in [4.78, 5) is 27.1. The highest BCUT2D eigenvalue weighted by Crippen LogP contribution is 2.33. The van der Waals surface area contributed by atoms with Gasteiger partial charge >= 0.3 is 0 Å². The maximum absolute atomic E-state index is 13.4. The number of hydrogen-bond donors (Lipinski definition) is 2. The summed E-state index contributed by atoms with van der Waals surface area (Å²) in [5.41, 5.74) is 0.752. The average Bonchev–Trinajstić information content (AvgIpc) is 3.43. The fraction of sp³-hybridized carbons (Fsp3) is 0.0714. The number of carbonyl (C=O) groups is 2. The lowest BCUT2D eigenvalue weighted by Gasteiger charge is -2.15. The molecule has 37 heavy (non-hydrogen) atoms. The monoisotopic (exact) mass is 534 g/mol. The molecule has 3 aromatic carbocycles. The van der Waals surface area contributed by atoms with Crippen LogP contribution in [0, 0.1) is 0 Å². The SMILES string of the molecule is COc1ccc(C(=O)N/C(=C\c2cccs2)C(=O)Nc2cc(Cl)ccc2Oc2cccc(OC)c2)cc1. The Morgan fingerprint density at radius 2 is 1.62 bits per heavy atom. The van der Waals surface area contributed by atoms with Crippen LogP contribution in [-0.2, 0) is 4.79 Å². The van der Waals surface area contributed by atoms with E-state index in [9.17, 15) is 9.59 Å². The van der Waals surface area contributed by atoms with Crippen LogP contribution in [0.4, 0.5) is 5.69 Å². The van der Waals surface area contributed by atoms with Crippen molar-refractivity contribution in [1.82, 2.24) is 5.32 Å². The van der Waals surface area contributed by atoms with Crippen molar-refractivity contribution in [2.45, 2.75) is 0 Å². The first-order valence-corrected chi connectivity index (χ1v) is 12.3. The zero-order valence-electron chi connectivity index (χ0n) is 20.0. The fourth-order valence-corrected chi connectivity index (χ4v) is 4.11. The number of methoxy groups -OCH3 is 2. The van der Waals surface area contributed by atoms with E-state index in [1.165, 1.54) is 11.3 Å². The Hall–Kier alpha value is -4.27. The summed E-state index contributed by atoms with van der Waals surface area (Å²) in [5.74, 6) is 1.13. The van der Waals surface area contributed by atoms with E-state index in [0.29, 0.717) is 39.3 Å². The first-order valence-electron chi connectivity index (χ1n) is 11.1. The molecule has 0 aliphatic carbocycles. The summed E-state index contributed by atoms with van der Waals surface area (Å²) < 4.78 is 16.4. The highest BCUT2D eigenvalue weighted by atomic mass is 35.5. The minimum Gasteiger partial charge on any atom is -0.497 e. The standard InChI is InChI=1S/C28H23ClN2O5S/c1-34-20-11-8-18(9-12-20)27(32)31-25(17-23-7-4-14-37-23)28(33)30-24-15-19(29)10-13-26(24)36-22-6-3-5-21(16-22)35-2/h3-17H,1-2H3,(H,30,33)(H,31,32)/b25-17-. The topological polar surface area (TPSA) is 85.9 Å². The number of carbonyl (C=O) groups excluding carboxylic acids is 2. The molecule has 1 aromatic heterocycles. The van der Waals surface area contributed by atoms with Gasteiger partial charge in [-0.05, 0) is 72.1 Å². The largest absolute Gasteiger partial charge is 0.497 e. The van der Waals surface area contributed by atoms with Crippen LogP contribution < -0.4 is 24.8 Å². The fourth-order valence-electron chi connectivity index (χ4n) is 3.28. The lowest BCUT2D eigenvalue weighted by Crippen LogP contribution is -2.30. The second-order valence-electron chi connectivity index (χ2n) is 7.63. The van der Waals surface area contributed by atoms with Gasteiger partial charge in [-0.1, -0.05) is 23.7 Å². The second-order valence-corrected chi connectivity index (χ2v) is 9.05. The number of amides is 2. The van der Waals surface area contributed by atoms with Crippen LogP contribution in [0.25, 0.3) is 6.08 Å². The highest BCUT2D eigenvalue weighted by molar-refractivity contribution is 7.10. The van der Waals surface area contributed by atoms with Gasteiger partial charge in [0.1, 0.15) is 22.9 Å². The number of halogens is 1. The maximum Gasteiger partial charge on any atom is 0.272 e. The summed E-state index contributed by atoms with van der Waals surface area (Å²) in [6, 6.07) is 22.2. The minimum absolute atomic E-state index is 0.0515. The Morgan fingerprint density at radius 3 is 2.32 bits per heavy atom. The molecular formula is C28H23ClN2O5S. The van der Waals surface area contributed by atoms with Crippen molar-refractivity contribution in [3.63, 3.8) is 0 Å². The molecule has 1 heterocycles. The van der Waals surface area contributed by atoms with Crippen molar-refractivity contribution in [1.29, 1.82) is 0 Å². The van der Waals surface area contributed by atoms with Crippen LogP contribution in [0.2, 0.25) is 5.02 Å². The average molecular weight is 535 g/mol. The van der Waals surface area contributed by atoms with Gasteiger partial charge in [0.25, 0.3) is 11.8 Å². The Morgan fingerprint density at radius 1 is 0.865 bits per heavy atom. The molecule has 2 amide bonds. The molecule has 188 valence electrons. The highest BCUT2D eigenvalue weighted by Gasteiger charge is 2.18. The Bertz CT molecular complexity index is 1420. The Labute approximate surface area is 223 Å². The van der Waals surface area contributed by atoms with Crippen molar-refractivity contribution in [2.75, 3.05) is 19.5 Å².